The maximum absolute atomic E-state index is 12.3. The summed E-state index contributed by atoms with van der Waals surface area (Å²) in [5.74, 6) is 1.97. The highest BCUT2D eigenvalue weighted by Crippen LogP contribution is 2.27. The highest BCUT2D eigenvalue weighted by molar-refractivity contribution is 14.0. The van der Waals surface area contributed by atoms with Gasteiger partial charge in [0.1, 0.15) is 0 Å². The second kappa shape index (κ2) is 13.7. The summed E-state index contributed by atoms with van der Waals surface area (Å²) in [6, 6.07) is 13.8. The Kier molecular flexibility index (Phi) is 11.8. The molecule has 7 nitrogen and oxygen atoms in total. The fourth-order valence-electron chi connectivity index (χ4n) is 3.06. The number of nitrogens with one attached hydrogen (secondary N) is 2. The summed E-state index contributed by atoms with van der Waals surface area (Å²) in [6.07, 6.45) is 1.73. The Balaban J connectivity index is 0.00000480. The number of hydrogen-bond acceptors (Lipinski definition) is 4. The second-order valence-electron chi connectivity index (χ2n) is 6.86. The molecular formula is C23H33IN4O3. The van der Waals surface area contributed by atoms with Crippen molar-refractivity contribution in [1.29, 1.82) is 0 Å². The molecule has 31 heavy (non-hydrogen) atoms. The van der Waals surface area contributed by atoms with Crippen LogP contribution in [0.1, 0.15) is 18.1 Å². The number of aryl methyl sites for hydroxylation is 1. The number of likely N-dealkylation sites (N-methyl/N-ethyl adjacent to an activating group) is 1. The number of guanidine groups is 1. The normalized spacial score (nSPS) is 10.7. The third kappa shape index (κ3) is 8.28. The van der Waals surface area contributed by atoms with Crippen molar-refractivity contribution in [2.24, 2.45) is 4.99 Å². The predicted octanol–water partition coefficient (Wildman–Crippen LogP) is 3.57. The largest absolute Gasteiger partial charge is 0.493 e. The van der Waals surface area contributed by atoms with Crippen LogP contribution in [0.4, 0.5) is 5.69 Å². The molecule has 0 heterocycles. The molecule has 0 unspecified atom stereocenters. The van der Waals surface area contributed by atoms with Crippen molar-refractivity contribution in [3.63, 3.8) is 0 Å². The highest BCUT2D eigenvalue weighted by Gasteiger charge is 2.10. The summed E-state index contributed by atoms with van der Waals surface area (Å²) >= 11 is 0. The number of hydrogen-bond donors (Lipinski definition) is 2. The molecule has 8 heteroatoms. The first-order chi connectivity index (χ1) is 14.5. The van der Waals surface area contributed by atoms with E-state index in [-0.39, 0.29) is 36.4 Å². The zero-order valence-electron chi connectivity index (χ0n) is 18.9. The van der Waals surface area contributed by atoms with Crippen molar-refractivity contribution in [3.05, 3.63) is 53.6 Å². The van der Waals surface area contributed by atoms with Gasteiger partial charge >= 0.3 is 0 Å². The first kappa shape index (κ1) is 26.5. The lowest BCUT2D eigenvalue weighted by molar-refractivity contribution is -0.115. The third-order valence-corrected chi connectivity index (χ3v) is 4.78. The van der Waals surface area contributed by atoms with Crippen LogP contribution < -0.4 is 20.1 Å². The summed E-state index contributed by atoms with van der Waals surface area (Å²) in [6.45, 7) is 2.96. The van der Waals surface area contributed by atoms with Gasteiger partial charge in [0.25, 0.3) is 0 Å². The number of carbonyl (C=O) groups is 1. The van der Waals surface area contributed by atoms with Gasteiger partial charge in [-0.25, -0.2) is 0 Å². The van der Waals surface area contributed by atoms with E-state index in [1.807, 2.05) is 54.4 Å². The van der Waals surface area contributed by atoms with Gasteiger partial charge in [-0.1, -0.05) is 25.1 Å². The Labute approximate surface area is 202 Å². The van der Waals surface area contributed by atoms with Gasteiger partial charge in [0, 0.05) is 26.3 Å². The topological polar surface area (TPSA) is 75.2 Å². The number of carbonyl (C=O) groups excluding carboxylic acids is 1. The molecule has 0 saturated heterocycles. The lowest BCUT2D eigenvalue weighted by atomic mass is 10.1. The average molecular weight is 540 g/mol. The molecule has 0 aliphatic rings. The van der Waals surface area contributed by atoms with E-state index in [1.165, 1.54) is 5.56 Å². The lowest BCUT2D eigenvalue weighted by Gasteiger charge is -2.22. The SMILES string of the molecule is CCc1cccc(NC(=O)CNC(=NC)N(C)CCc2ccc(OC)c(OC)c2)c1.I. The van der Waals surface area contributed by atoms with E-state index in [2.05, 4.69) is 22.5 Å². The summed E-state index contributed by atoms with van der Waals surface area (Å²) in [5, 5.41) is 6.03. The standard InChI is InChI=1S/C23H32N4O3.HI/c1-6-17-8-7-9-19(14-17)26-22(28)16-25-23(24-2)27(3)13-12-18-10-11-20(29-4)21(15-18)30-5;/h7-11,14-15H,6,12-13,16H2,1-5H3,(H,24,25)(H,26,28);1H. The number of benzene rings is 2. The maximum Gasteiger partial charge on any atom is 0.243 e. The molecule has 170 valence electrons. The molecule has 0 saturated carbocycles. The number of aliphatic imine (C=N–C) groups is 1. The Hall–Kier alpha value is -2.49. The van der Waals surface area contributed by atoms with E-state index >= 15 is 0 Å². The first-order valence-electron chi connectivity index (χ1n) is 10.0. The minimum absolute atomic E-state index is 0. The van der Waals surface area contributed by atoms with Crippen molar-refractivity contribution >= 4 is 41.5 Å². The van der Waals surface area contributed by atoms with Crippen molar-refractivity contribution < 1.29 is 14.3 Å². The lowest BCUT2D eigenvalue weighted by Crippen LogP contribution is -2.43. The summed E-state index contributed by atoms with van der Waals surface area (Å²) in [4.78, 5) is 18.6. The second-order valence-corrected chi connectivity index (χ2v) is 6.86. The van der Waals surface area contributed by atoms with E-state index < -0.39 is 0 Å². The van der Waals surface area contributed by atoms with Crippen LogP contribution in [-0.4, -0.2) is 58.2 Å². The van der Waals surface area contributed by atoms with Crippen LogP contribution in [0.3, 0.4) is 0 Å². The van der Waals surface area contributed by atoms with Crippen LogP contribution in [-0.2, 0) is 17.6 Å². The van der Waals surface area contributed by atoms with E-state index in [0.29, 0.717) is 17.5 Å². The van der Waals surface area contributed by atoms with Crippen molar-refractivity contribution in [2.45, 2.75) is 19.8 Å². The van der Waals surface area contributed by atoms with Gasteiger partial charge in [-0.3, -0.25) is 9.79 Å². The van der Waals surface area contributed by atoms with E-state index in [4.69, 9.17) is 9.47 Å². The van der Waals surface area contributed by atoms with Gasteiger partial charge < -0.3 is 25.0 Å². The van der Waals surface area contributed by atoms with Gasteiger partial charge in [-0.2, -0.15) is 0 Å². The highest BCUT2D eigenvalue weighted by atomic mass is 127. The van der Waals surface area contributed by atoms with Crippen LogP contribution in [0.2, 0.25) is 0 Å². The van der Waals surface area contributed by atoms with E-state index in [1.54, 1.807) is 21.3 Å². The van der Waals surface area contributed by atoms with Crippen LogP contribution in [0.25, 0.3) is 0 Å². The molecule has 0 bridgehead atoms. The number of nitrogens with zero attached hydrogens (tertiary/aromatic N) is 2. The van der Waals surface area contributed by atoms with Gasteiger partial charge in [0.15, 0.2) is 17.5 Å². The molecule has 0 spiro atoms. The average Bonchev–Trinajstić information content (AvgIpc) is 2.77. The van der Waals surface area contributed by atoms with Crippen LogP contribution in [0.15, 0.2) is 47.5 Å². The maximum atomic E-state index is 12.3. The van der Waals surface area contributed by atoms with Crippen molar-refractivity contribution in [1.82, 2.24) is 10.2 Å². The third-order valence-electron chi connectivity index (χ3n) is 4.78. The number of methoxy groups -OCH3 is 2. The number of anilines is 1. The zero-order valence-corrected chi connectivity index (χ0v) is 21.2. The minimum Gasteiger partial charge on any atom is -0.493 e. The number of ether oxygens (including phenoxy) is 2. The van der Waals surface area contributed by atoms with Gasteiger partial charge in [0.2, 0.25) is 5.91 Å². The fourth-order valence-corrected chi connectivity index (χ4v) is 3.06. The molecule has 0 aliphatic carbocycles. The summed E-state index contributed by atoms with van der Waals surface area (Å²) in [7, 11) is 6.90. The summed E-state index contributed by atoms with van der Waals surface area (Å²) in [5.41, 5.74) is 3.12. The smallest absolute Gasteiger partial charge is 0.243 e. The van der Waals surface area contributed by atoms with Gasteiger partial charge in [-0.05, 0) is 48.2 Å². The number of amides is 1. The van der Waals surface area contributed by atoms with Crippen molar-refractivity contribution in [2.75, 3.05) is 46.7 Å². The number of rotatable bonds is 9. The molecule has 0 aromatic heterocycles. The monoisotopic (exact) mass is 540 g/mol. The molecule has 0 fully saturated rings. The van der Waals surface area contributed by atoms with Crippen LogP contribution in [0.5, 0.6) is 11.5 Å². The van der Waals surface area contributed by atoms with Crippen LogP contribution >= 0.6 is 24.0 Å². The quantitative estimate of drug-likeness (QED) is 0.289. The molecule has 2 aromatic rings. The molecule has 2 rings (SSSR count). The Morgan fingerprint density at radius 1 is 1.06 bits per heavy atom. The predicted molar refractivity (Wildman–Crippen MR) is 137 cm³/mol. The molecule has 0 atom stereocenters. The fraction of sp³-hybridized carbons (Fsp3) is 0.391. The minimum atomic E-state index is -0.113. The molecule has 0 aliphatic heterocycles. The first-order valence-corrected chi connectivity index (χ1v) is 10.0. The van der Waals surface area contributed by atoms with Crippen LogP contribution in [0, 0.1) is 0 Å². The summed E-state index contributed by atoms with van der Waals surface area (Å²) < 4.78 is 10.6. The molecule has 1 amide bonds. The zero-order chi connectivity index (χ0) is 21.9. The van der Waals surface area contributed by atoms with Gasteiger partial charge in [0.05, 0.1) is 20.8 Å². The van der Waals surface area contributed by atoms with Gasteiger partial charge in [-0.15, -0.1) is 24.0 Å². The molecular weight excluding hydrogens is 507 g/mol. The van der Waals surface area contributed by atoms with E-state index in [0.717, 1.165) is 30.6 Å². The Morgan fingerprint density at radius 2 is 1.81 bits per heavy atom. The number of halogens is 1. The Morgan fingerprint density at radius 3 is 2.45 bits per heavy atom. The molecule has 0 radical (unpaired) electrons. The van der Waals surface area contributed by atoms with Crippen molar-refractivity contribution in [3.8, 4) is 11.5 Å². The Bertz CT molecular complexity index is 874. The van der Waals surface area contributed by atoms with E-state index in [9.17, 15) is 4.79 Å². The molecule has 2 aromatic carbocycles. The molecule has 2 N–H and O–H groups in total.